The van der Waals surface area contributed by atoms with E-state index in [1.807, 2.05) is 39.0 Å². The first kappa shape index (κ1) is 38.5. The second-order valence-corrected chi connectivity index (χ2v) is 14.9. The fraction of sp³-hybridized carbons (Fsp3) is 0.439. The Hall–Kier alpha value is -2.92. The van der Waals surface area contributed by atoms with Crippen molar-refractivity contribution in [1.82, 2.24) is 10.2 Å². The van der Waals surface area contributed by atoms with Crippen molar-refractivity contribution in [2.24, 2.45) is 17.3 Å². The molecule has 0 amide bonds. The van der Waals surface area contributed by atoms with Crippen LogP contribution < -0.4 is 0 Å². The van der Waals surface area contributed by atoms with Gasteiger partial charge in [0.15, 0.2) is 5.78 Å². The maximum absolute atomic E-state index is 11.7. The Morgan fingerprint density at radius 2 is 1.51 bits per heavy atom. The Morgan fingerprint density at radius 1 is 0.872 bits per heavy atom. The fourth-order valence-electron chi connectivity index (χ4n) is 6.38. The number of aliphatic hydroxyl groups excluding tert-OH is 1. The summed E-state index contributed by atoms with van der Waals surface area (Å²) < 4.78 is 2.52. The molecular formula is C41H51IrN2O2S-. The summed E-state index contributed by atoms with van der Waals surface area (Å²) in [5.74, 6) is 0.547. The number of fused-ring (bicyclic) bond motifs is 5. The van der Waals surface area contributed by atoms with Crippen LogP contribution in [0.3, 0.4) is 0 Å². The fourth-order valence-corrected chi connectivity index (χ4v) is 7.77. The van der Waals surface area contributed by atoms with Crippen molar-refractivity contribution < 1.29 is 30.0 Å². The van der Waals surface area contributed by atoms with E-state index < -0.39 is 0 Å². The van der Waals surface area contributed by atoms with Gasteiger partial charge in [0.25, 0.3) is 0 Å². The molecule has 6 heteroatoms. The van der Waals surface area contributed by atoms with Crippen molar-refractivity contribution >= 4 is 48.1 Å². The van der Waals surface area contributed by atoms with Gasteiger partial charge in [0.05, 0.1) is 11.5 Å². The molecule has 0 fully saturated rings. The number of hydrogen-bond acceptors (Lipinski definition) is 5. The van der Waals surface area contributed by atoms with Gasteiger partial charge < -0.3 is 5.11 Å². The zero-order valence-electron chi connectivity index (χ0n) is 29.8. The number of rotatable bonds is 9. The van der Waals surface area contributed by atoms with E-state index in [0.717, 1.165) is 54.6 Å². The molecular weight excluding hydrogens is 777 g/mol. The maximum Gasteiger partial charge on any atom is 0.162 e. The molecule has 1 radical (unpaired) electrons. The quantitative estimate of drug-likeness (QED) is 0.0913. The molecule has 5 rings (SSSR count). The van der Waals surface area contributed by atoms with E-state index >= 15 is 0 Å². The van der Waals surface area contributed by atoms with Gasteiger partial charge in [-0.15, -0.1) is 46.2 Å². The number of aromatic nitrogens is 2. The zero-order chi connectivity index (χ0) is 33.8. The molecule has 0 aliphatic carbocycles. The normalized spacial score (nSPS) is 12.1. The average molecular weight is 828 g/mol. The van der Waals surface area contributed by atoms with Crippen molar-refractivity contribution in [2.75, 3.05) is 0 Å². The number of ketones is 1. The molecule has 0 aliphatic heterocycles. The molecule has 1 N–H and O–H groups in total. The van der Waals surface area contributed by atoms with Crippen molar-refractivity contribution in [3.8, 4) is 11.3 Å². The predicted octanol–water partition coefficient (Wildman–Crippen LogP) is 11.8. The Balaban J connectivity index is 0.000000322. The first-order chi connectivity index (χ1) is 21.8. The Labute approximate surface area is 299 Å². The molecule has 47 heavy (non-hydrogen) atoms. The van der Waals surface area contributed by atoms with E-state index in [-0.39, 0.29) is 48.9 Å². The van der Waals surface area contributed by atoms with Crippen molar-refractivity contribution in [3.63, 3.8) is 0 Å². The number of nitrogens with zero attached hydrogens (tertiary/aromatic N) is 2. The van der Waals surface area contributed by atoms with Crippen LogP contribution in [-0.4, -0.2) is 21.1 Å². The number of aryl methyl sites for hydroxylation is 3. The van der Waals surface area contributed by atoms with Crippen LogP contribution in [0.5, 0.6) is 0 Å². The topological polar surface area (TPSA) is 63.1 Å². The van der Waals surface area contributed by atoms with Crippen molar-refractivity contribution in [3.05, 3.63) is 82.8 Å². The molecule has 0 saturated carbocycles. The summed E-state index contributed by atoms with van der Waals surface area (Å²) in [7, 11) is 0. The average Bonchev–Trinajstić information content (AvgIpc) is 3.38. The number of benzene rings is 3. The molecule has 4 nitrogen and oxygen atoms in total. The SMILES string of the molecule is CCC(CC)C(=O)/C=C(\O)C(CC)CC.Cc1[c-]c(-c2nnc(C)c3c2sc2c4ccc(CC(C)(C)C)cc4ccc23)cc(C)c1.[Ir]. The number of allylic oxidation sites excluding steroid dienone is 2. The molecule has 253 valence electrons. The predicted molar refractivity (Wildman–Crippen MR) is 198 cm³/mol. The van der Waals surface area contributed by atoms with Gasteiger partial charge in [0.2, 0.25) is 0 Å². The molecule has 0 unspecified atom stereocenters. The molecule has 0 spiro atoms. The van der Waals surface area contributed by atoms with Crippen LogP contribution >= 0.6 is 11.3 Å². The van der Waals surface area contributed by atoms with Gasteiger partial charge in [-0.2, -0.15) is 10.2 Å². The summed E-state index contributed by atoms with van der Waals surface area (Å²) in [6.07, 6.45) is 5.98. The summed E-state index contributed by atoms with van der Waals surface area (Å²) in [4.78, 5) is 11.7. The third-order valence-electron chi connectivity index (χ3n) is 8.83. The Kier molecular flexibility index (Phi) is 13.5. The third-order valence-corrected chi connectivity index (χ3v) is 10.1. The number of hydrogen-bond donors (Lipinski definition) is 1. The summed E-state index contributed by atoms with van der Waals surface area (Å²) in [6.45, 7) is 21.2. The van der Waals surface area contributed by atoms with Gasteiger partial charge in [-0.25, -0.2) is 0 Å². The van der Waals surface area contributed by atoms with E-state index in [1.54, 1.807) is 0 Å². The van der Waals surface area contributed by atoms with E-state index in [0.29, 0.717) is 0 Å². The molecule has 2 aromatic heterocycles. The van der Waals surface area contributed by atoms with Gasteiger partial charge in [0, 0.05) is 63.9 Å². The molecule has 0 aliphatic rings. The minimum Gasteiger partial charge on any atom is -0.512 e. The third kappa shape index (κ3) is 9.16. The number of thiophene rings is 1. The number of aliphatic hydroxyl groups is 1. The van der Waals surface area contributed by atoms with Crippen LogP contribution in [0.25, 0.3) is 42.2 Å². The van der Waals surface area contributed by atoms with Crippen molar-refractivity contribution in [2.45, 2.75) is 101 Å². The minimum atomic E-state index is 0. The molecule has 3 aromatic carbocycles. The second-order valence-electron chi connectivity index (χ2n) is 13.9. The molecule has 0 saturated heterocycles. The van der Waals surface area contributed by atoms with Crippen molar-refractivity contribution in [1.29, 1.82) is 0 Å². The minimum absolute atomic E-state index is 0. The molecule has 2 heterocycles. The Bertz CT molecular complexity index is 1850. The molecule has 5 aromatic rings. The first-order valence-corrected chi connectivity index (χ1v) is 17.7. The van der Waals surface area contributed by atoms with Crippen LogP contribution in [0.15, 0.2) is 54.3 Å². The maximum atomic E-state index is 11.7. The zero-order valence-corrected chi connectivity index (χ0v) is 33.0. The monoisotopic (exact) mass is 828 g/mol. The van der Waals surface area contributed by atoms with E-state index in [1.165, 1.54) is 48.1 Å². The molecule has 0 bridgehead atoms. The standard InChI is InChI=1S/C28H27N2S.C13H24O2.Ir/c1-16-11-17(2)13-21(12-16)25-27-24(18(3)29-30-25)23-10-8-20-14-19(15-28(4,5)6)7-9-22(20)26(23)31-27;1-5-10(6-2)12(14)9-13(15)11(7-3)8-4;/h7-12,14H,15H2,1-6H3;9-11,14H,5-8H2,1-4H3;/q-1;;/b;12-9-;. The summed E-state index contributed by atoms with van der Waals surface area (Å²) in [6, 6.07) is 19.3. The van der Waals surface area contributed by atoms with Gasteiger partial charge in [-0.1, -0.05) is 92.6 Å². The van der Waals surface area contributed by atoms with E-state index in [4.69, 9.17) is 0 Å². The van der Waals surface area contributed by atoms with Crippen LogP contribution in [0.2, 0.25) is 0 Å². The van der Waals surface area contributed by atoms with Crippen LogP contribution in [-0.2, 0) is 31.3 Å². The number of carbonyl (C=O) groups is 1. The smallest absolute Gasteiger partial charge is 0.162 e. The second kappa shape index (κ2) is 16.5. The van der Waals surface area contributed by atoms with Gasteiger partial charge in [-0.05, 0) is 60.8 Å². The summed E-state index contributed by atoms with van der Waals surface area (Å²) in [5, 5.41) is 24.0. The van der Waals surface area contributed by atoms with Gasteiger partial charge in [-0.3, -0.25) is 4.79 Å². The van der Waals surface area contributed by atoms with Crippen LogP contribution in [0, 0.1) is 44.1 Å². The van der Waals surface area contributed by atoms with Gasteiger partial charge in [0.1, 0.15) is 0 Å². The van der Waals surface area contributed by atoms with Crippen LogP contribution in [0.1, 0.15) is 96.5 Å². The summed E-state index contributed by atoms with van der Waals surface area (Å²) >= 11 is 1.84. The van der Waals surface area contributed by atoms with E-state index in [9.17, 15) is 9.90 Å². The number of carbonyl (C=O) groups excluding carboxylic acids is 1. The van der Waals surface area contributed by atoms with Gasteiger partial charge >= 0.3 is 0 Å². The van der Waals surface area contributed by atoms with E-state index in [2.05, 4.69) is 100 Å². The Morgan fingerprint density at radius 3 is 2.11 bits per heavy atom. The van der Waals surface area contributed by atoms with Crippen LogP contribution in [0.4, 0.5) is 0 Å². The molecule has 0 atom stereocenters. The first-order valence-electron chi connectivity index (χ1n) is 16.9. The summed E-state index contributed by atoms with van der Waals surface area (Å²) in [5.41, 5.74) is 6.97. The largest absolute Gasteiger partial charge is 0.512 e.